The van der Waals surface area contributed by atoms with Gasteiger partial charge in [-0.25, -0.2) is 14.6 Å². The molecule has 0 saturated carbocycles. The van der Waals surface area contributed by atoms with Crippen molar-refractivity contribution in [2.45, 2.75) is 25.7 Å². The molecule has 0 aliphatic carbocycles. The quantitative estimate of drug-likeness (QED) is 0.240. The Labute approximate surface area is 227 Å². The van der Waals surface area contributed by atoms with Crippen LogP contribution in [-0.2, 0) is 0 Å². The van der Waals surface area contributed by atoms with E-state index >= 15 is 0 Å². The van der Waals surface area contributed by atoms with Gasteiger partial charge in [0.25, 0.3) is 0 Å². The van der Waals surface area contributed by atoms with Crippen LogP contribution in [0.1, 0.15) is 25.7 Å². The molecule has 1 N–H and O–H groups in total. The van der Waals surface area contributed by atoms with E-state index < -0.39 is 0 Å². The van der Waals surface area contributed by atoms with Crippen molar-refractivity contribution >= 4 is 64.9 Å². The fraction of sp³-hybridized carbons (Fsp3) is 0.320. The van der Waals surface area contributed by atoms with Gasteiger partial charge in [-0.2, -0.15) is 5.10 Å². The first-order chi connectivity index (χ1) is 16.2. The molecule has 1 aliphatic rings. The molecule has 0 atom stereocenters. The van der Waals surface area contributed by atoms with Crippen molar-refractivity contribution in [2.24, 2.45) is 0 Å². The summed E-state index contributed by atoms with van der Waals surface area (Å²) in [7, 11) is 0. The molecule has 6 nitrogen and oxygen atoms in total. The Morgan fingerprint density at radius 2 is 1.54 bits per heavy atom. The van der Waals surface area contributed by atoms with Gasteiger partial charge < -0.3 is 10.2 Å². The summed E-state index contributed by atoms with van der Waals surface area (Å²) in [5.41, 5.74) is 3.96. The Hall–Kier alpha value is -2.09. The molecular weight excluding hydrogens is 526 g/mol. The lowest BCUT2D eigenvalue weighted by atomic mass is 10.2. The van der Waals surface area contributed by atoms with Crippen LogP contribution in [-0.4, -0.2) is 50.8 Å². The molecule has 1 saturated heterocycles. The molecule has 3 heterocycles. The van der Waals surface area contributed by atoms with E-state index in [1.54, 1.807) is 18.3 Å². The van der Waals surface area contributed by atoms with Gasteiger partial charge in [-0.15, -0.1) is 24.8 Å². The third-order valence-corrected chi connectivity index (χ3v) is 6.71. The second-order valence-corrected chi connectivity index (χ2v) is 9.14. The predicted molar refractivity (Wildman–Crippen MR) is 150 cm³/mol. The average Bonchev–Trinajstić information content (AvgIpc) is 3.52. The van der Waals surface area contributed by atoms with E-state index in [4.69, 9.17) is 33.2 Å². The molecule has 4 aromatic rings. The maximum Gasteiger partial charge on any atom is 0.155 e. The molecule has 2 aromatic carbocycles. The fourth-order valence-corrected chi connectivity index (χ4v) is 4.60. The average molecular weight is 554 g/mol. The van der Waals surface area contributed by atoms with E-state index in [-0.39, 0.29) is 24.8 Å². The van der Waals surface area contributed by atoms with Gasteiger partial charge >= 0.3 is 0 Å². The number of likely N-dealkylation sites (tertiary alicyclic amines) is 1. The molecule has 35 heavy (non-hydrogen) atoms. The highest BCUT2D eigenvalue weighted by molar-refractivity contribution is 6.42. The Kier molecular flexibility index (Phi) is 10.0. The summed E-state index contributed by atoms with van der Waals surface area (Å²) < 4.78 is 1.88. The van der Waals surface area contributed by atoms with Gasteiger partial charge in [0.1, 0.15) is 5.69 Å². The summed E-state index contributed by atoms with van der Waals surface area (Å²) in [5.74, 6) is 0.722. The van der Waals surface area contributed by atoms with Crippen LogP contribution in [0.5, 0.6) is 0 Å². The first-order valence-corrected chi connectivity index (χ1v) is 12.2. The molecule has 186 valence electrons. The van der Waals surface area contributed by atoms with Crippen molar-refractivity contribution in [1.82, 2.24) is 24.6 Å². The Morgan fingerprint density at radius 1 is 0.857 bits per heavy atom. The van der Waals surface area contributed by atoms with Gasteiger partial charge in [-0.3, -0.25) is 0 Å². The van der Waals surface area contributed by atoms with Gasteiger partial charge in [0.15, 0.2) is 5.82 Å². The Balaban J connectivity index is 0.00000171. The minimum Gasteiger partial charge on any atom is -0.368 e. The number of unbranched alkanes of at least 4 members (excludes halogenated alkanes) is 1. The summed E-state index contributed by atoms with van der Waals surface area (Å²) in [5, 5.41) is 8.99. The number of nitrogens with zero attached hydrogens (tertiary/aromatic N) is 5. The van der Waals surface area contributed by atoms with Crippen molar-refractivity contribution in [3.8, 4) is 17.1 Å². The SMILES string of the molecule is Cl.Cl.Clc1cc2nc(NCCCCN3CCCC3)c(-c3ccnn3-c3ccccc3)nc2cc1Cl. The third-order valence-electron chi connectivity index (χ3n) is 5.98. The van der Waals surface area contributed by atoms with E-state index in [1.165, 1.54) is 25.9 Å². The van der Waals surface area contributed by atoms with Crippen LogP contribution in [0.4, 0.5) is 5.82 Å². The number of benzene rings is 2. The van der Waals surface area contributed by atoms with Gasteiger partial charge in [0.05, 0.1) is 38.7 Å². The maximum atomic E-state index is 6.27. The van der Waals surface area contributed by atoms with Crippen LogP contribution in [0.3, 0.4) is 0 Å². The second-order valence-electron chi connectivity index (χ2n) is 8.32. The number of hydrogen-bond donors (Lipinski definition) is 1. The topological polar surface area (TPSA) is 58.9 Å². The standard InChI is InChI=1S/C25H26Cl2N6.2ClH/c26-19-16-21-22(17-20(19)27)31-25(28-11-4-5-13-32-14-6-7-15-32)24(30-21)23-10-12-29-33(23)18-8-2-1-3-9-18;;/h1-3,8-10,12,16-17H,4-7,11,13-15H2,(H,28,31);2*1H. The van der Waals surface area contributed by atoms with Gasteiger partial charge in [-0.05, 0) is 75.6 Å². The lowest BCUT2D eigenvalue weighted by Gasteiger charge is -2.16. The minimum absolute atomic E-state index is 0. The highest BCUT2D eigenvalue weighted by Gasteiger charge is 2.17. The zero-order valence-corrected chi connectivity index (χ0v) is 22.3. The summed E-state index contributed by atoms with van der Waals surface area (Å²) in [6, 6.07) is 15.5. The van der Waals surface area contributed by atoms with E-state index in [0.717, 1.165) is 48.8 Å². The van der Waals surface area contributed by atoms with Crippen LogP contribution in [0.2, 0.25) is 10.0 Å². The normalized spacial score (nSPS) is 13.4. The number of aromatic nitrogens is 4. The van der Waals surface area contributed by atoms with E-state index in [1.807, 2.05) is 41.1 Å². The maximum absolute atomic E-state index is 6.27. The van der Waals surface area contributed by atoms with Crippen LogP contribution in [0.25, 0.3) is 28.1 Å². The van der Waals surface area contributed by atoms with Crippen molar-refractivity contribution in [3.63, 3.8) is 0 Å². The summed E-state index contributed by atoms with van der Waals surface area (Å²) >= 11 is 12.5. The molecular formula is C25H28Cl4N6. The number of halogens is 4. The number of para-hydroxylation sites is 1. The smallest absolute Gasteiger partial charge is 0.155 e. The highest BCUT2D eigenvalue weighted by Crippen LogP contribution is 2.32. The molecule has 1 aliphatic heterocycles. The first-order valence-electron chi connectivity index (χ1n) is 11.4. The van der Waals surface area contributed by atoms with Crippen LogP contribution in [0.15, 0.2) is 54.7 Å². The Morgan fingerprint density at radius 3 is 2.26 bits per heavy atom. The summed E-state index contributed by atoms with van der Waals surface area (Å²) in [6.07, 6.45) is 6.66. The van der Waals surface area contributed by atoms with E-state index in [2.05, 4.69) is 15.3 Å². The van der Waals surface area contributed by atoms with Crippen molar-refractivity contribution < 1.29 is 0 Å². The Bertz CT molecular complexity index is 1240. The number of fused-ring (bicyclic) bond motifs is 1. The van der Waals surface area contributed by atoms with Crippen LogP contribution >= 0.6 is 48.0 Å². The van der Waals surface area contributed by atoms with Gasteiger partial charge in [-0.1, -0.05) is 41.4 Å². The first kappa shape index (κ1) is 27.5. The molecule has 0 amide bonds. The zero-order chi connectivity index (χ0) is 22.6. The minimum atomic E-state index is 0. The van der Waals surface area contributed by atoms with E-state index in [0.29, 0.717) is 21.1 Å². The second kappa shape index (κ2) is 12.7. The van der Waals surface area contributed by atoms with E-state index in [9.17, 15) is 0 Å². The molecule has 0 spiro atoms. The van der Waals surface area contributed by atoms with Crippen molar-refractivity contribution in [1.29, 1.82) is 0 Å². The fourth-order valence-electron chi connectivity index (χ4n) is 4.28. The molecule has 2 aromatic heterocycles. The molecule has 0 bridgehead atoms. The van der Waals surface area contributed by atoms with Gasteiger partial charge in [0.2, 0.25) is 0 Å². The largest absolute Gasteiger partial charge is 0.368 e. The summed E-state index contributed by atoms with van der Waals surface area (Å²) in [4.78, 5) is 12.4. The number of hydrogen-bond acceptors (Lipinski definition) is 5. The zero-order valence-electron chi connectivity index (χ0n) is 19.2. The summed E-state index contributed by atoms with van der Waals surface area (Å²) in [6.45, 7) is 4.45. The van der Waals surface area contributed by atoms with Crippen molar-refractivity contribution in [2.75, 3.05) is 31.5 Å². The predicted octanol–water partition coefficient (Wildman–Crippen LogP) is 6.92. The third kappa shape index (κ3) is 6.38. The van der Waals surface area contributed by atoms with Crippen LogP contribution < -0.4 is 5.32 Å². The number of rotatable bonds is 8. The monoisotopic (exact) mass is 552 g/mol. The molecule has 0 unspecified atom stereocenters. The molecule has 1 fully saturated rings. The highest BCUT2D eigenvalue weighted by atomic mass is 35.5. The number of nitrogens with one attached hydrogen (secondary N) is 1. The number of anilines is 1. The molecule has 10 heteroatoms. The van der Waals surface area contributed by atoms with Crippen molar-refractivity contribution in [3.05, 3.63) is 64.8 Å². The molecule has 0 radical (unpaired) electrons. The lowest BCUT2D eigenvalue weighted by molar-refractivity contribution is 0.331. The lowest BCUT2D eigenvalue weighted by Crippen LogP contribution is -2.21. The van der Waals surface area contributed by atoms with Gasteiger partial charge in [0, 0.05) is 6.54 Å². The van der Waals surface area contributed by atoms with Crippen LogP contribution in [0, 0.1) is 0 Å². The molecule has 5 rings (SSSR count).